The van der Waals surface area contributed by atoms with E-state index in [0.29, 0.717) is 34.9 Å². The molecule has 2 aliphatic carbocycles. The Hall–Kier alpha value is -1.91. The summed E-state index contributed by atoms with van der Waals surface area (Å²) in [6.45, 7) is 2.27. The Morgan fingerprint density at radius 1 is 0.923 bits per heavy atom. The van der Waals surface area contributed by atoms with Gasteiger partial charge in [0.1, 0.15) is 0 Å². The van der Waals surface area contributed by atoms with Crippen molar-refractivity contribution in [1.82, 2.24) is 4.90 Å². The summed E-state index contributed by atoms with van der Waals surface area (Å²) in [5.74, 6) is 2.49. The van der Waals surface area contributed by atoms with Crippen LogP contribution >= 0.6 is 0 Å². The molecule has 0 unspecified atom stereocenters. The van der Waals surface area contributed by atoms with Gasteiger partial charge < -0.3 is 19.1 Å². The summed E-state index contributed by atoms with van der Waals surface area (Å²) in [6, 6.07) is 4.30. The van der Waals surface area contributed by atoms with Gasteiger partial charge in [-0.2, -0.15) is 0 Å². The highest BCUT2D eigenvalue weighted by atomic mass is 16.5. The number of ether oxygens (including phenoxy) is 3. The fourth-order valence-electron chi connectivity index (χ4n) is 4.17. The molecule has 1 aromatic rings. The third-order valence-electron chi connectivity index (χ3n) is 5.87. The van der Waals surface area contributed by atoms with Crippen LogP contribution in [-0.2, 0) is 0 Å². The zero-order valence-corrected chi connectivity index (χ0v) is 16.4. The van der Waals surface area contributed by atoms with Gasteiger partial charge in [-0.05, 0) is 56.6 Å². The van der Waals surface area contributed by atoms with Crippen molar-refractivity contribution in [3.8, 4) is 17.2 Å². The van der Waals surface area contributed by atoms with Gasteiger partial charge in [0, 0.05) is 17.6 Å². The van der Waals surface area contributed by atoms with Gasteiger partial charge in [0.15, 0.2) is 11.5 Å². The van der Waals surface area contributed by atoms with Crippen molar-refractivity contribution >= 4 is 5.91 Å². The molecule has 26 heavy (non-hydrogen) atoms. The molecule has 5 nitrogen and oxygen atoms in total. The number of carbonyl (C=O) groups excluding carboxylic acids is 1. The minimum absolute atomic E-state index is 0.0895. The van der Waals surface area contributed by atoms with E-state index in [1.54, 1.807) is 33.5 Å². The maximum Gasteiger partial charge on any atom is 0.254 e. The topological polar surface area (TPSA) is 48.0 Å². The molecule has 0 aromatic heterocycles. The van der Waals surface area contributed by atoms with Crippen molar-refractivity contribution in [2.45, 2.75) is 64.0 Å². The van der Waals surface area contributed by atoms with Gasteiger partial charge in [-0.3, -0.25) is 4.79 Å². The first-order valence-electron chi connectivity index (χ1n) is 9.75. The Morgan fingerprint density at radius 2 is 1.42 bits per heavy atom. The van der Waals surface area contributed by atoms with Crippen molar-refractivity contribution in [2.75, 3.05) is 21.3 Å². The molecule has 0 saturated heterocycles. The van der Waals surface area contributed by atoms with E-state index in [2.05, 4.69) is 11.8 Å². The summed E-state index contributed by atoms with van der Waals surface area (Å²) in [6.07, 6.45) is 8.17. The Kier molecular flexibility index (Phi) is 5.94. The summed E-state index contributed by atoms with van der Waals surface area (Å²) < 4.78 is 16.2. The van der Waals surface area contributed by atoms with Crippen LogP contribution in [0.3, 0.4) is 0 Å². The lowest BCUT2D eigenvalue weighted by Gasteiger charge is -2.37. The van der Waals surface area contributed by atoms with E-state index >= 15 is 0 Å². The number of hydrogen-bond donors (Lipinski definition) is 0. The Morgan fingerprint density at radius 3 is 1.81 bits per heavy atom. The molecule has 0 radical (unpaired) electrons. The van der Waals surface area contributed by atoms with E-state index in [-0.39, 0.29) is 5.91 Å². The van der Waals surface area contributed by atoms with Gasteiger partial charge in [-0.25, -0.2) is 0 Å². The molecule has 0 aliphatic heterocycles. The van der Waals surface area contributed by atoms with E-state index in [1.807, 2.05) is 0 Å². The van der Waals surface area contributed by atoms with Gasteiger partial charge in [0.25, 0.3) is 5.91 Å². The van der Waals surface area contributed by atoms with Gasteiger partial charge in [0.05, 0.1) is 21.3 Å². The van der Waals surface area contributed by atoms with Crippen LogP contribution in [0.15, 0.2) is 12.1 Å². The fraction of sp³-hybridized carbons (Fsp3) is 0.667. The maximum atomic E-state index is 13.4. The number of hydrogen-bond acceptors (Lipinski definition) is 4. The van der Waals surface area contributed by atoms with E-state index in [1.165, 1.54) is 19.3 Å². The summed E-state index contributed by atoms with van der Waals surface area (Å²) in [5.41, 5.74) is 0.615. The van der Waals surface area contributed by atoms with Crippen LogP contribution in [0.2, 0.25) is 0 Å². The second-order valence-electron chi connectivity index (χ2n) is 7.44. The molecule has 3 rings (SSSR count). The number of amides is 1. The molecule has 1 aromatic carbocycles. The Labute approximate surface area is 156 Å². The van der Waals surface area contributed by atoms with E-state index in [9.17, 15) is 4.79 Å². The zero-order valence-electron chi connectivity index (χ0n) is 16.4. The summed E-state index contributed by atoms with van der Waals surface area (Å²) in [5, 5.41) is 0. The second kappa shape index (κ2) is 8.19. The Balaban J connectivity index is 1.86. The molecule has 0 spiro atoms. The second-order valence-corrected chi connectivity index (χ2v) is 7.44. The lowest BCUT2D eigenvalue weighted by atomic mass is 9.83. The fourth-order valence-corrected chi connectivity index (χ4v) is 4.17. The van der Waals surface area contributed by atoms with Crippen molar-refractivity contribution in [3.05, 3.63) is 17.7 Å². The number of carbonyl (C=O) groups is 1. The monoisotopic (exact) mass is 361 g/mol. The number of nitrogens with zero attached hydrogens (tertiary/aromatic N) is 1. The molecule has 144 valence electrons. The van der Waals surface area contributed by atoms with Gasteiger partial charge in [-0.15, -0.1) is 0 Å². The molecule has 2 aliphatic rings. The number of methoxy groups -OCH3 is 3. The highest BCUT2D eigenvalue weighted by Gasteiger charge is 2.39. The SMILES string of the molecule is CCC1CCC(N(C(=O)c2cc(OC)c(OC)c(OC)c2)C2CC2)CC1. The summed E-state index contributed by atoms with van der Waals surface area (Å²) >= 11 is 0. The van der Waals surface area contributed by atoms with Crippen molar-refractivity contribution in [3.63, 3.8) is 0 Å². The molecular formula is C21H31NO4. The molecule has 2 fully saturated rings. The van der Waals surface area contributed by atoms with Gasteiger partial charge in [0.2, 0.25) is 5.75 Å². The summed E-state index contributed by atoms with van der Waals surface area (Å²) in [7, 11) is 4.73. The Bertz CT molecular complexity index is 608. The number of benzene rings is 1. The molecular weight excluding hydrogens is 330 g/mol. The molecule has 5 heteroatoms. The maximum absolute atomic E-state index is 13.4. The van der Waals surface area contributed by atoms with Crippen LogP contribution in [0.5, 0.6) is 17.2 Å². The number of rotatable bonds is 7. The van der Waals surface area contributed by atoms with Crippen molar-refractivity contribution < 1.29 is 19.0 Å². The average molecular weight is 361 g/mol. The molecule has 0 heterocycles. The van der Waals surface area contributed by atoms with Crippen LogP contribution in [0.25, 0.3) is 0 Å². The van der Waals surface area contributed by atoms with Gasteiger partial charge >= 0.3 is 0 Å². The zero-order chi connectivity index (χ0) is 18.7. The molecule has 2 saturated carbocycles. The molecule has 0 atom stereocenters. The van der Waals surface area contributed by atoms with Crippen molar-refractivity contribution in [1.29, 1.82) is 0 Å². The van der Waals surface area contributed by atoms with E-state index < -0.39 is 0 Å². The molecule has 0 N–H and O–H groups in total. The van der Waals surface area contributed by atoms with Gasteiger partial charge in [-0.1, -0.05) is 13.3 Å². The first-order chi connectivity index (χ1) is 12.6. The smallest absolute Gasteiger partial charge is 0.254 e. The average Bonchev–Trinajstić information content (AvgIpc) is 3.52. The minimum Gasteiger partial charge on any atom is -0.493 e. The highest BCUT2D eigenvalue weighted by molar-refractivity contribution is 5.96. The van der Waals surface area contributed by atoms with Crippen LogP contribution in [0, 0.1) is 5.92 Å². The largest absolute Gasteiger partial charge is 0.493 e. The first-order valence-corrected chi connectivity index (χ1v) is 9.75. The third kappa shape index (κ3) is 3.76. The van der Waals surface area contributed by atoms with E-state index in [4.69, 9.17) is 14.2 Å². The minimum atomic E-state index is 0.0895. The predicted octanol–water partition coefficient (Wildman–Crippen LogP) is 4.29. The third-order valence-corrected chi connectivity index (χ3v) is 5.87. The van der Waals surface area contributed by atoms with Crippen LogP contribution in [0.1, 0.15) is 62.2 Å². The first kappa shape index (κ1) is 18.9. The van der Waals surface area contributed by atoms with E-state index in [0.717, 1.165) is 31.6 Å². The van der Waals surface area contributed by atoms with Crippen LogP contribution < -0.4 is 14.2 Å². The lowest BCUT2D eigenvalue weighted by Crippen LogP contribution is -2.43. The van der Waals surface area contributed by atoms with Crippen molar-refractivity contribution in [2.24, 2.45) is 5.92 Å². The van der Waals surface area contributed by atoms with Crippen LogP contribution in [-0.4, -0.2) is 44.2 Å². The lowest BCUT2D eigenvalue weighted by molar-refractivity contribution is 0.0586. The normalized spacial score (nSPS) is 22.6. The quantitative estimate of drug-likeness (QED) is 0.727. The predicted molar refractivity (Wildman–Crippen MR) is 101 cm³/mol. The summed E-state index contributed by atoms with van der Waals surface area (Å²) in [4.78, 5) is 15.5. The van der Waals surface area contributed by atoms with Crippen LogP contribution in [0.4, 0.5) is 0 Å². The molecule has 1 amide bonds. The highest BCUT2D eigenvalue weighted by Crippen LogP contribution is 2.41. The standard InChI is InChI=1S/C21H31NO4/c1-5-14-6-8-16(9-7-14)22(17-10-11-17)21(23)15-12-18(24-2)20(26-4)19(13-15)25-3/h12-14,16-17H,5-11H2,1-4H3. The molecule has 0 bridgehead atoms.